The summed E-state index contributed by atoms with van der Waals surface area (Å²) in [4.78, 5) is 23.5. The van der Waals surface area contributed by atoms with Crippen molar-refractivity contribution in [3.05, 3.63) is 0 Å². The van der Waals surface area contributed by atoms with E-state index in [1.165, 1.54) is 26.4 Å². The smallest absolute Gasteiger partial charge is 0.334 e. The van der Waals surface area contributed by atoms with E-state index < -0.39 is 12.1 Å². The molecular weight excluding hydrogens is 258 g/mol. The lowest BCUT2D eigenvalue weighted by molar-refractivity contribution is -0.151. The first-order valence-corrected chi connectivity index (χ1v) is 7.56. The quantitative estimate of drug-likeness (QED) is 0.799. The molecule has 4 saturated carbocycles. The monoisotopic (exact) mass is 281 g/mol. The minimum atomic E-state index is -1.03. The molecule has 5 nitrogen and oxygen atoms in total. The van der Waals surface area contributed by atoms with Crippen molar-refractivity contribution in [3.63, 3.8) is 0 Å². The van der Waals surface area contributed by atoms with E-state index in [2.05, 4.69) is 5.32 Å². The van der Waals surface area contributed by atoms with Crippen LogP contribution in [-0.2, 0) is 14.3 Å². The largest absolute Gasteiger partial charge is 0.479 e. The molecule has 0 spiro atoms. The summed E-state index contributed by atoms with van der Waals surface area (Å²) >= 11 is 0. The summed E-state index contributed by atoms with van der Waals surface area (Å²) in [5.74, 6) is 1.16. The molecule has 4 aliphatic carbocycles. The van der Waals surface area contributed by atoms with Gasteiger partial charge in [0.15, 0.2) is 6.10 Å². The van der Waals surface area contributed by atoms with E-state index in [0.717, 1.165) is 19.3 Å². The summed E-state index contributed by atoms with van der Waals surface area (Å²) in [6.45, 7) is 0.0619. The molecule has 0 aromatic heterocycles. The van der Waals surface area contributed by atoms with Gasteiger partial charge in [0, 0.05) is 12.5 Å². The van der Waals surface area contributed by atoms with Gasteiger partial charge in [-0.25, -0.2) is 4.79 Å². The van der Waals surface area contributed by atoms with Crippen LogP contribution >= 0.6 is 0 Å². The van der Waals surface area contributed by atoms with E-state index in [0.29, 0.717) is 17.8 Å². The Hall–Kier alpha value is -1.10. The van der Waals surface area contributed by atoms with Gasteiger partial charge in [0.25, 0.3) is 0 Å². The minimum absolute atomic E-state index is 0.0555. The number of methoxy groups -OCH3 is 1. The van der Waals surface area contributed by atoms with Crippen LogP contribution in [0.4, 0.5) is 0 Å². The van der Waals surface area contributed by atoms with E-state index >= 15 is 0 Å². The van der Waals surface area contributed by atoms with Crippen molar-refractivity contribution < 1.29 is 19.4 Å². The first kappa shape index (κ1) is 13.9. The number of aliphatic carboxylic acids is 1. The molecule has 0 heterocycles. The number of hydrogen-bond acceptors (Lipinski definition) is 3. The molecule has 1 unspecified atom stereocenters. The third-order valence-electron chi connectivity index (χ3n) is 5.53. The number of hydrogen-bond donors (Lipinski definition) is 2. The van der Waals surface area contributed by atoms with E-state index in [9.17, 15) is 9.59 Å². The fourth-order valence-electron chi connectivity index (χ4n) is 5.03. The van der Waals surface area contributed by atoms with Crippen molar-refractivity contribution in [2.45, 2.75) is 44.6 Å². The van der Waals surface area contributed by atoms with Crippen LogP contribution in [0.3, 0.4) is 0 Å². The van der Waals surface area contributed by atoms with Crippen molar-refractivity contribution in [3.8, 4) is 0 Å². The van der Waals surface area contributed by atoms with Crippen LogP contribution < -0.4 is 5.32 Å². The molecule has 0 aliphatic heterocycles. The van der Waals surface area contributed by atoms with E-state index in [-0.39, 0.29) is 17.9 Å². The van der Waals surface area contributed by atoms with Gasteiger partial charge in [-0.1, -0.05) is 0 Å². The van der Waals surface area contributed by atoms with Gasteiger partial charge in [-0.15, -0.1) is 0 Å². The highest BCUT2D eigenvalue weighted by Gasteiger charge is 2.54. The van der Waals surface area contributed by atoms with Gasteiger partial charge in [-0.3, -0.25) is 4.79 Å². The second-order valence-electron chi connectivity index (χ2n) is 6.97. The van der Waals surface area contributed by atoms with Gasteiger partial charge in [0.2, 0.25) is 5.91 Å². The fraction of sp³-hybridized carbons (Fsp3) is 0.867. The van der Waals surface area contributed by atoms with Crippen LogP contribution in [0.15, 0.2) is 0 Å². The summed E-state index contributed by atoms with van der Waals surface area (Å²) in [6.07, 6.45) is 5.92. The zero-order chi connectivity index (χ0) is 14.3. The number of amides is 1. The summed E-state index contributed by atoms with van der Waals surface area (Å²) in [5, 5.41) is 11.8. The Morgan fingerprint density at radius 1 is 1.20 bits per heavy atom. The highest BCUT2D eigenvalue weighted by atomic mass is 16.5. The Labute approximate surface area is 119 Å². The highest BCUT2D eigenvalue weighted by molar-refractivity contribution is 5.84. The third kappa shape index (κ3) is 2.32. The second kappa shape index (κ2) is 5.02. The molecule has 4 aliphatic rings. The van der Waals surface area contributed by atoms with Crippen molar-refractivity contribution >= 4 is 11.9 Å². The number of ether oxygens (including phenoxy) is 1. The predicted molar refractivity (Wildman–Crippen MR) is 72.0 cm³/mol. The van der Waals surface area contributed by atoms with E-state index in [4.69, 9.17) is 9.84 Å². The zero-order valence-electron chi connectivity index (χ0n) is 11.9. The molecule has 0 aromatic carbocycles. The lowest BCUT2D eigenvalue weighted by Gasteiger charge is -2.55. The second-order valence-corrected chi connectivity index (χ2v) is 6.97. The lowest BCUT2D eigenvalue weighted by Crippen LogP contribution is -2.54. The van der Waals surface area contributed by atoms with Gasteiger partial charge in [0.1, 0.15) is 0 Å². The highest BCUT2D eigenvalue weighted by Crippen LogP contribution is 2.60. The molecule has 2 N–H and O–H groups in total. The molecule has 0 aromatic rings. The Kier molecular flexibility index (Phi) is 3.48. The third-order valence-corrected chi connectivity index (χ3v) is 5.53. The molecule has 0 saturated heterocycles. The number of carboxylic acid groups (broad SMARTS) is 1. The van der Waals surface area contributed by atoms with Crippen LogP contribution in [0.5, 0.6) is 0 Å². The zero-order valence-corrected chi connectivity index (χ0v) is 11.9. The fourth-order valence-corrected chi connectivity index (χ4v) is 5.03. The van der Waals surface area contributed by atoms with Gasteiger partial charge in [-0.2, -0.15) is 0 Å². The Balaban J connectivity index is 1.64. The average molecular weight is 281 g/mol. The van der Waals surface area contributed by atoms with Crippen molar-refractivity contribution in [1.82, 2.24) is 5.32 Å². The van der Waals surface area contributed by atoms with Gasteiger partial charge in [-0.05, 0) is 56.3 Å². The first-order chi connectivity index (χ1) is 9.52. The SMILES string of the molecule is COC(CNC(=O)C12CC3CC(CC(C3)C1)C2)C(=O)O. The topological polar surface area (TPSA) is 75.6 Å². The molecular formula is C15H23NO4. The molecule has 5 heteroatoms. The maximum Gasteiger partial charge on any atom is 0.334 e. The number of nitrogens with one attached hydrogen (secondary N) is 1. The van der Waals surface area contributed by atoms with E-state index in [1.807, 2.05) is 0 Å². The average Bonchev–Trinajstić information content (AvgIpc) is 2.37. The minimum Gasteiger partial charge on any atom is -0.479 e. The molecule has 20 heavy (non-hydrogen) atoms. The summed E-state index contributed by atoms with van der Waals surface area (Å²) in [7, 11) is 1.36. The molecule has 4 rings (SSSR count). The van der Waals surface area contributed by atoms with Crippen LogP contribution in [0, 0.1) is 23.2 Å². The number of carbonyl (C=O) groups excluding carboxylic acids is 1. The normalized spacial score (nSPS) is 39.5. The predicted octanol–water partition coefficient (Wildman–Crippen LogP) is 1.42. The molecule has 0 radical (unpaired) electrons. The van der Waals surface area contributed by atoms with Gasteiger partial charge >= 0.3 is 5.97 Å². The first-order valence-electron chi connectivity index (χ1n) is 7.56. The summed E-state index contributed by atoms with van der Waals surface area (Å²) in [5.41, 5.74) is -0.217. The molecule has 4 bridgehead atoms. The standard InChI is InChI=1S/C15H23NO4/c1-20-12(13(17)18)8-16-14(19)15-5-9-2-10(6-15)4-11(3-9)7-15/h9-12H,2-8H2,1H3,(H,16,19)(H,17,18). The molecule has 112 valence electrons. The number of carboxylic acids is 1. The summed E-state index contributed by atoms with van der Waals surface area (Å²) < 4.78 is 4.87. The lowest BCUT2D eigenvalue weighted by atomic mass is 9.49. The van der Waals surface area contributed by atoms with Crippen molar-refractivity contribution in [2.24, 2.45) is 23.2 Å². The number of rotatable bonds is 5. The molecule has 4 fully saturated rings. The van der Waals surface area contributed by atoms with Crippen LogP contribution in [0.2, 0.25) is 0 Å². The van der Waals surface area contributed by atoms with E-state index in [1.54, 1.807) is 0 Å². The van der Waals surface area contributed by atoms with Crippen LogP contribution in [0.1, 0.15) is 38.5 Å². The number of carbonyl (C=O) groups is 2. The Morgan fingerprint density at radius 2 is 1.70 bits per heavy atom. The Morgan fingerprint density at radius 3 is 2.10 bits per heavy atom. The van der Waals surface area contributed by atoms with Crippen molar-refractivity contribution in [1.29, 1.82) is 0 Å². The van der Waals surface area contributed by atoms with Gasteiger partial charge in [0.05, 0.1) is 6.54 Å². The summed E-state index contributed by atoms with van der Waals surface area (Å²) in [6, 6.07) is 0. The van der Waals surface area contributed by atoms with Crippen molar-refractivity contribution in [2.75, 3.05) is 13.7 Å². The van der Waals surface area contributed by atoms with Crippen LogP contribution in [-0.4, -0.2) is 36.7 Å². The maximum atomic E-state index is 12.6. The molecule has 1 amide bonds. The maximum absolute atomic E-state index is 12.6. The van der Waals surface area contributed by atoms with Gasteiger partial charge < -0.3 is 15.2 Å². The van der Waals surface area contributed by atoms with Crippen LogP contribution in [0.25, 0.3) is 0 Å². The Bertz CT molecular complexity index is 385. The molecule has 1 atom stereocenters.